The van der Waals surface area contributed by atoms with Crippen molar-refractivity contribution in [3.8, 4) is 17.1 Å². The molecule has 82 valence electrons. The Balaban J connectivity index is 2.53. The number of nitrogens with zero attached hydrogens (tertiary/aromatic N) is 2. The van der Waals surface area contributed by atoms with Crippen LogP contribution in [0.15, 0.2) is 30.6 Å². The lowest BCUT2D eigenvalue weighted by atomic mass is 10.1. The van der Waals surface area contributed by atoms with Gasteiger partial charge < -0.3 is 10.5 Å². The van der Waals surface area contributed by atoms with Crippen molar-refractivity contribution in [3.05, 3.63) is 36.4 Å². The molecule has 0 radical (unpaired) electrons. The monoisotopic (exact) mass is 219 g/mol. The van der Waals surface area contributed by atoms with Gasteiger partial charge in [-0.3, -0.25) is 4.98 Å². The van der Waals surface area contributed by atoms with Gasteiger partial charge in [0.15, 0.2) is 0 Å². The van der Waals surface area contributed by atoms with Gasteiger partial charge in [0.05, 0.1) is 25.2 Å². The van der Waals surface area contributed by atoms with Crippen molar-refractivity contribution >= 4 is 5.69 Å². The number of ether oxygens (including phenoxy) is 1. The second kappa shape index (κ2) is 4.14. The number of hydrogen-bond donors (Lipinski definition) is 1. The Bertz CT molecular complexity index is 516. The van der Waals surface area contributed by atoms with Gasteiger partial charge in [-0.1, -0.05) is 0 Å². The Kier molecular flexibility index (Phi) is 2.68. The fraction of sp³-hybridized carbons (Fsp3) is 0.0909. The lowest BCUT2D eigenvalue weighted by Crippen LogP contribution is -1.95. The van der Waals surface area contributed by atoms with Gasteiger partial charge in [0.1, 0.15) is 5.82 Å². The van der Waals surface area contributed by atoms with Crippen LogP contribution in [0, 0.1) is 5.82 Å². The molecule has 0 saturated carbocycles. The number of nitrogen functional groups attached to an aromatic ring is 1. The van der Waals surface area contributed by atoms with Gasteiger partial charge in [-0.25, -0.2) is 9.37 Å². The SMILES string of the molecule is COc1cncc(-c2cc(F)ccc2N)n1. The van der Waals surface area contributed by atoms with Crippen LogP contribution in [-0.4, -0.2) is 17.1 Å². The third-order valence-electron chi connectivity index (χ3n) is 2.11. The number of benzene rings is 1. The summed E-state index contributed by atoms with van der Waals surface area (Å²) in [4.78, 5) is 8.07. The molecule has 0 bridgehead atoms. The van der Waals surface area contributed by atoms with Gasteiger partial charge in [0.2, 0.25) is 5.88 Å². The first kappa shape index (κ1) is 10.4. The highest BCUT2D eigenvalue weighted by Gasteiger charge is 2.07. The minimum absolute atomic E-state index is 0.362. The summed E-state index contributed by atoms with van der Waals surface area (Å²) in [5, 5.41) is 0. The van der Waals surface area contributed by atoms with E-state index in [9.17, 15) is 4.39 Å². The third kappa shape index (κ3) is 1.93. The molecule has 2 N–H and O–H groups in total. The molecule has 1 heterocycles. The number of nitrogens with two attached hydrogens (primary N) is 1. The van der Waals surface area contributed by atoms with E-state index in [-0.39, 0.29) is 5.82 Å². The van der Waals surface area contributed by atoms with Crippen LogP contribution >= 0.6 is 0 Å². The van der Waals surface area contributed by atoms with Crippen molar-refractivity contribution in [3.63, 3.8) is 0 Å². The summed E-state index contributed by atoms with van der Waals surface area (Å²) in [6.45, 7) is 0. The summed E-state index contributed by atoms with van der Waals surface area (Å²) < 4.78 is 18.0. The van der Waals surface area contributed by atoms with E-state index in [1.54, 1.807) is 0 Å². The molecule has 0 atom stereocenters. The first-order valence-corrected chi connectivity index (χ1v) is 4.62. The van der Waals surface area contributed by atoms with Crippen LogP contribution in [-0.2, 0) is 0 Å². The van der Waals surface area contributed by atoms with Gasteiger partial charge in [-0.05, 0) is 18.2 Å². The van der Waals surface area contributed by atoms with Crippen molar-refractivity contribution in [1.82, 2.24) is 9.97 Å². The summed E-state index contributed by atoms with van der Waals surface area (Å²) in [7, 11) is 1.49. The largest absolute Gasteiger partial charge is 0.480 e. The summed E-state index contributed by atoms with van der Waals surface area (Å²) in [6, 6.07) is 4.11. The molecule has 1 aromatic heterocycles. The molecule has 4 nitrogen and oxygen atoms in total. The maximum atomic E-state index is 13.1. The summed E-state index contributed by atoms with van der Waals surface area (Å²) >= 11 is 0. The molecule has 1 aromatic carbocycles. The molecule has 0 amide bonds. The van der Waals surface area contributed by atoms with E-state index in [1.165, 1.54) is 37.7 Å². The van der Waals surface area contributed by atoms with Crippen LogP contribution in [0.4, 0.5) is 10.1 Å². The molecular formula is C11H10FN3O. The first-order chi connectivity index (χ1) is 7.70. The molecule has 0 fully saturated rings. The number of aromatic nitrogens is 2. The molecule has 5 heteroatoms. The summed E-state index contributed by atoms with van der Waals surface area (Å²) in [5.41, 5.74) is 7.17. The van der Waals surface area contributed by atoms with Crippen molar-refractivity contribution in [2.24, 2.45) is 0 Å². The van der Waals surface area contributed by atoms with Gasteiger partial charge in [0, 0.05) is 11.3 Å². The van der Waals surface area contributed by atoms with Crippen LogP contribution < -0.4 is 10.5 Å². The van der Waals surface area contributed by atoms with Crippen molar-refractivity contribution in [2.45, 2.75) is 0 Å². The molecule has 0 aliphatic rings. The minimum atomic E-state index is -0.367. The molecule has 16 heavy (non-hydrogen) atoms. The zero-order valence-electron chi connectivity index (χ0n) is 8.64. The van der Waals surface area contributed by atoms with Gasteiger partial charge in [-0.15, -0.1) is 0 Å². The average molecular weight is 219 g/mol. The van der Waals surface area contributed by atoms with Crippen LogP contribution in [0.25, 0.3) is 11.3 Å². The van der Waals surface area contributed by atoms with Gasteiger partial charge >= 0.3 is 0 Å². The second-order valence-corrected chi connectivity index (χ2v) is 3.18. The molecular weight excluding hydrogens is 209 g/mol. The van der Waals surface area contributed by atoms with Crippen LogP contribution in [0.3, 0.4) is 0 Å². The zero-order chi connectivity index (χ0) is 11.5. The number of halogens is 1. The van der Waals surface area contributed by atoms with E-state index in [1.807, 2.05) is 0 Å². The summed E-state index contributed by atoms with van der Waals surface area (Å²) in [5.74, 6) is -0.00465. The lowest BCUT2D eigenvalue weighted by Gasteiger charge is -2.05. The van der Waals surface area contributed by atoms with E-state index in [4.69, 9.17) is 10.5 Å². The molecule has 0 aliphatic heterocycles. The Hall–Kier alpha value is -2.17. The second-order valence-electron chi connectivity index (χ2n) is 3.18. The standard InChI is InChI=1S/C11H10FN3O/c1-16-11-6-14-5-10(15-11)8-4-7(12)2-3-9(8)13/h2-6H,13H2,1H3. The van der Waals surface area contributed by atoms with Crippen molar-refractivity contribution in [2.75, 3.05) is 12.8 Å². The average Bonchev–Trinajstić information content (AvgIpc) is 2.32. The van der Waals surface area contributed by atoms with Crippen LogP contribution in [0.1, 0.15) is 0 Å². The highest BCUT2D eigenvalue weighted by molar-refractivity contribution is 5.73. The Morgan fingerprint density at radius 1 is 1.31 bits per heavy atom. The van der Waals surface area contributed by atoms with Crippen LogP contribution in [0.5, 0.6) is 5.88 Å². The Labute approximate surface area is 91.9 Å². The number of methoxy groups -OCH3 is 1. The van der Waals surface area contributed by atoms with Gasteiger partial charge in [0.25, 0.3) is 0 Å². The molecule has 0 unspecified atom stereocenters. The Morgan fingerprint density at radius 3 is 2.88 bits per heavy atom. The molecule has 0 saturated heterocycles. The maximum absolute atomic E-state index is 13.1. The highest BCUT2D eigenvalue weighted by Crippen LogP contribution is 2.25. The van der Waals surface area contributed by atoms with Gasteiger partial charge in [-0.2, -0.15) is 0 Å². The normalized spacial score (nSPS) is 10.1. The fourth-order valence-corrected chi connectivity index (χ4v) is 1.33. The van der Waals surface area contributed by atoms with Crippen molar-refractivity contribution < 1.29 is 9.13 Å². The number of hydrogen-bond acceptors (Lipinski definition) is 4. The topological polar surface area (TPSA) is 61.0 Å². The maximum Gasteiger partial charge on any atom is 0.232 e. The molecule has 2 aromatic rings. The van der Waals surface area contributed by atoms with E-state index in [2.05, 4.69) is 9.97 Å². The van der Waals surface area contributed by atoms with Crippen molar-refractivity contribution in [1.29, 1.82) is 0 Å². The van der Waals surface area contributed by atoms with E-state index in [0.717, 1.165) is 0 Å². The fourth-order valence-electron chi connectivity index (χ4n) is 1.33. The highest BCUT2D eigenvalue weighted by atomic mass is 19.1. The first-order valence-electron chi connectivity index (χ1n) is 4.62. The third-order valence-corrected chi connectivity index (χ3v) is 2.11. The smallest absolute Gasteiger partial charge is 0.232 e. The quantitative estimate of drug-likeness (QED) is 0.783. The Morgan fingerprint density at radius 2 is 2.12 bits per heavy atom. The predicted molar refractivity (Wildman–Crippen MR) is 58.4 cm³/mol. The summed E-state index contributed by atoms with van der Waals surface area (Å²) in [6.07, 6.45) is 2.98. The molecule has 2 rings (SSSR count). The molecule has 0 aliphatic carbocycles. The predicted octanol–water partition coefficient (Wildman–Crippen LogP) is 1.87. The van der Waals surface area contributed by atoms with E-state index in [0.29, 0.717) is 22.8 Å². The zero-order valence-corrected chi connectivity index (χ0v) is 8.64. The minimum Gasteiger partial charge on any atom is -0.480 e. The van der Waals surface area contributed by atoms with E-state index >= 15 is 0 Å². The van der Waals surface area contributed by atoms with E-state index < -0.39 is 0 Å². The van der Waals surface area contributed by atoms with Crippen LogP contribution in [0.2, 0.25) is 0 Å². The number of anilines is 1. The lowest BCUT2D eigenvalue weighted by molar-refractivity contribution is 0.396. The number of rotatable bonds is 2. The molecule has 0 spiro atoms.